The Balaban J connectivity index is 2.17. The first-order valence-electron chi connectivity index (χ1n) is 7.14. The first-order valence-corrected chi connectivity index (χ1v) is 7.93. The molecular weight excluding hydrogens is 302 g/mol. The monoisotopic (exact) mass is 321 g/mol. The Bertz CT molecular complexity index is 536. The molecule has 0 aromatic heterocycles. The number of hydrogen-bond acceptors (Lipinski definition) is 2. The average Bonchev–Trinajstić information content (AvgIpc) is 2.46. The normalized spacial score (nSPS) is 18.4. The summed E-state index contributed by atoms with van der Waals surface area (Å²) in [5.41, 5.74) is 6.83. The van der Waals surface area contributed by atoms with E-state index in [1.165, 1.54) is 42.4 Å². The van der Waals surface area contributed by atoms with Crippen LogP contribution in [0.4, 0.5) is 0 Å². The molecule has 0 fully saturated rings. The van der Waals surface area contributed by atoms with E-state index >= 15 is 0 Å². The second-order valence-corrected chi connectivity index (χ2v) is 6.26. The molecule has 0 radical (unpaired) electrons. The van der Waals surface area contributed by atoms with Gasteiger partial charge in [-0.2, -0.15) is 0 Å². The molecule has 2 aliphatic rings. The summed E-state index contributed by atoms with van der Waals surface area (Å²) in [6, 6.07) is 4.24. The zero-order valence-corrected chi connectivity index (χ0v) is 13.0. The van der Waals surface area contributed by atoms with Gasteiger partial charge in [0, 0.05) is 23.3 Å². The van der Waals surface area contributed by atoms with Gasteiger partial charge < -0.3 is 10.0 Å². The molecule has 0 saturated heterocycles. The van der Waals surface area contributed by atoms with E-state index < -0.39 is 0 Å². The molecule has 0 spiro atoms. The lowest BCUT2D eigenvalue weighted by molar-refractivity contribution is 0.281. The maximum absolute atomic E-state index is 9.41. The molecule has 1 aliphatic carbocycles. The van der Waals surface area contributed by atoms with Gasteiger partial charge in [0.15, 0.2) is 0 Å². The molecule has 3 rings (SSSR count). The third-order valence-electron chi connectivity index (χ3n) is 4.31. The highest BCUT2D eigenvalue weighted by Gasteiger charge is 2.27. The van der Waals surface area contributed by atoms with Crippen molar-refractivity contribution in [2.24, 2.45) is 0 Å². The zero-order valence-electron chi connectivity index (χ0n) is 11.4. The highest BCUT2D eigenvalue weighted by molar-refractivity contribution is 9.10. The molecule has 0 bridgehead atoms. The second kappa shape index (κ2) is 5.29. The van der Waals surface area contributed by atoms with Crippen molar-refractivity contribution in [2.45, 2.75) is 45.8 Å². The van der Waals surface area contributed by atoms with Gasteiger partial charge in [-0.05, 0) is 67.0 Å². The summed E-state index contributed by atoms with van der Waals surface area (Å²) in [6.07, 6.45) is 4.99. The zero-order chi connectivity index (χ0) is 13.4. The highest BCUT2D eigenvalue weighted by Crippen LogP contribution is 2.42. The summed E-state index contributed by atoms with van der Waals surface area (Å²) in [7, 11) is 0. The Morgan fingerprint density at radius 1 is 1.26 bits per heavy atom. The van der Waals surface area contributed by atoms with Crippen molar-refractivity contribution >= 4 is 21.5 Å². The Morgan fingerprint density at radius 2 is 2.05 bits per heavy atom. The topological polar surface area (TPSA) is 23.5 Å². The first kappa shape index (κ1) is 13.2. The van der Waals surface area contributed by atoms with Crippen molar-refractivity contribution in [3.63, 3.8) is 0 Å². The maximum Gasteiger partial charge on any atom is 0.0682 e. The summed E-state index contributed by atoms with van der Waals surface area (Å²) in [4.78, 5) is 2.51. The number of aliphatic hydroxyl groups excluding tert-OH is 1. The molecule has 0 atom stereocenters. The number of fused-ring (bicyclic) bond motifs is 2. The molecule has 1 heterocycles. The Hall–Kier alpha value is -0.800. The fourth-order valence-electron chi connectivity index (χ4n) is 3.33. The SMILES string of the molecule is CCN1Cc2c(Br)cc(CO)cc2C2=C1CCCC2. The smallest absolute Gasteiger partial charge is 0.0682 e. The number of rotatable bonds is 2. The standard InChI is InChI=1S/C16H20BrNO/c1-2-18-9-14-13(7-11(10-19)8-15(14)17)12-5-3-4-6-16(12)18/h7-8,19H,2-6,9-10H2,1H3. The van der Waals surface area contributed by atoms with E-state index in [-0.39, 0.29) is 6.61 Å². The average molecular weight is 322 g/mol. The van der Waals surface area contributed by atoms with Gasteiger partial charge in [-0.3, -0.25) is 0 Å². The van der Waals surface area contributed by atoms with Crippen LogP contribution < -0.4 is 0 Å². The number of hydrogen-bond donors (Lipinski definition) is 1. The molecule has 0 unspecified atom stereocenters. The van der Waals surface area contributed by atoms with Gasteiger partial charge in [0.25, 0.3) is 0 Å². The largest absolute Gasteiger partial charge is 0.392 e. The predicted molar refractivity (Wildman–Crippen MR) is 81.5 cm³/mol. The van der Waals surface area contributed by atoms with E-state index in [1.807, 2.05) is 0 Å². The number of halogens is 1. The molecule has 102 valence electrons. The molecule has 19 heavy (non-hydrogen) atoms. The van der Waals surface area contributed by atoms with Crippen molar-refractivity contribution in [3.8, 4) is 0 Å². The second-order valence-electron chi connectivity index (χ2n) is 5.41. The van der Waals surface area contributed by atoms with Crippen molar-refractivity contribution in [3.05, 3.63) is 39.0 Å². The highest BCUT2D eigenvalue weighted by atomic mass is 79.9. The van der Waals surface area contributed by atoms with Crippen LogP contribution in [0.1, 0.15) is 49.3 Å². The van der Waals surface area contributed by atoms with Crippen LogP contribution in [0.25, 0.3) is 5.57 Å². The van der Waals surface area contributed by atoms with Gasteiger partial charge in [-0.15, -0.1) is 0 Å². The van der Waals surface area contributed by atoms with Crippen LogP contribution in [-0.2, 0) is 13.2 Å². The van der Waals surface area contributed by atoms with Gasteiger partial charge in [0.1, 0.15) is 0 Å². The van der Waals surface area contributed by atoms with Crippen LogP contribution in [-0.4, -0.2) is 16.6 Å². The van der Waals surface area contributed by atoms with Crippen LogP contribution in [0.3, 0.4) is 0 Å². The summed E-state index contributed by atoms with van der Waals surface area (Å²) < 4.78 is 1.14. The minimum absolute atomic E-state index is 0.117. The lowest BCUT2D eigenvalue weighted by Gasteiger charge is -2.37. The van der Waals surface area contributed by atoms with Crippen molar-refractivity contribution in [2.75, 3.05) is 6.54 Å². The number of aliphatic hydroxyl groups is 1. The first-order chi connectivity index (χ1) is 9.24. The van der Waals surface area contributed by atoms with Gasteiger partial charge in [-0.25, -0.2) is 0 Å². The van der Waals surface area contributed by atoms with E-state index in [2.05, 4.69) is 39.9 Å². The molecular formula is C16H20BrNO. The van der Waals surface area contributed by atoms with E-state index in [1.54, 1.807) is 5.70 Å². The van der Waals surface area contributed by atoms with Gasteiger partial charge in [-0.1, -0.05) is 15.9 Å². The lowest BCUT2D eigenvalue weighted by Crippen LogP contribution is -2.29. The third-order valence-corrected chi connectivity index (χ3v) is 5.02. The van der Waals surface area contributed by atoms with Crippen LogP contribution in [0.5, 0.6) is 0 Å². The number of nitrogens with zero attached hydrogens (tertiary/aromatic N) is 1. The van der Waals surface area contributed by atoms with Gasteiger partial charge in [0.05, 0.1) is 6.61 Å². The fraction of sp³-hybridized carbons (Fsp3) is 0.500. The molecule has 1 N–H and O–H groups in total. The molecule has 1 aromatic rings. The lowest BCUT2D eigenvalue weighted by atomic mass is 9.84. The summed E-state index contributed by atoms with van der Waals surface area (Å²) in [5.74, 6) is 0. The van der Waals surface area contributed by atoms with Crippen molar-refractivity contribution < 1.29 is 5.11 Å². The van der Waals surface area contributed by atoms with E-state index in [9.17, 15) is 5.11 Å². The van der Waals surface area contributed by atoms with Crippen LogP contribution in [0.2, 0.25) is 0 Å². The van der Waals surface area contributed by atoms with Crippen molar-refractivity contribution in [1.82, 2.24) is 4.90 Å². The van der Waals surface area contributed by atoms with Gasteiger partial charge in [0.2, 0.25) is 0 Å². The van der Waals surface area contributed by atoms with Crippen molar-refractivity contribution in [1.29, 1.82) is 0 Å². The Morgan fingerprint density at radius 3 is 2.79 bits per heavy atom. The minimum atomic E-state index is 0.117. The molecule has 1 aliphatic heterocycles. The Labute approximate surface area is 123 Å². The quantitative estimate of drug-likeness (QED) is 0.887. The summed E-state index contributed by atoms with van der Waals surface area (Å²) >= 11 is 3.69. The molecule has 0 amide bonds. The summed E-state index contributed by atoms with van der Waals surface area (Å²) in [6.45, 7) is 4.43. The molecule has 2 nitrogen and oxygen atoms in total. The predicted octanol–water partition coefficient (Wildman–Crippen LogP) is 4.06. The van der Waals surface area contributed by atoms with Crippen LogP contribution in [0.15, 0.2) is 22.3 Å². The van der Waals surface area contributed by atoms with Gasteiger partial charge >= 0.3 is 0 Å². The minimum Gasteiger partial charge on any atom is -0.392 e. The number of benzene rings is 1. The van der Waals surface area contributed by atoms with E-state index in [4.69, 9.17) is 0 Å². The maximum atomic E-state index is 9.41. The van der Waals surface area contributed by atoms with Crippen LogP contribution >= 0.6 is 15.9 Å². The van der Waals surface area contributed by atoms with E-state index in [0.717, 1.165) is 23.1 Å². The molecule has 0 saturated carbocycles. The fourth-order valence-corrected chi connectivity index (χ4v) is 3.96. The number of allylic oxidation sites excluding steroid dienone is 2. The van der Waals surface area contributed by atoms with Crippen LogP contribution in [0, 0.1) is 0 Å². The third kappa shape index (κ3) is 2.23. The summed E-state index contributed by atoms with van der Waals surface area (Å²) in [5, 5.41) is 9.41. The molecule has 1 aromatic carbocycles. The van der Waals surface area contributed by atoms with E-state index in [0.29, 0.717) is 0 Å². The Kier molecular flexibility index (Phi) is 3.68. The molecule has 3 heteroatoms.